The maximum absolute atomic E-state index is 5.25. The van der Waals surface area contributed by atoms with Gasteiger partial charge < -0.3 is 4.74 Å². The number of hydrogen-bond acceptors (Lipinski definition) is 3. The van der Waals surface area contributed by atoms with Gasteiger partial charge in [0.1, 0.15) is 6.10 Å². The highest BCUT2D eigenvalue weighted by molar-refractivity contribution is 4.60. The predicted octanol–water partition coefficient (Wildman–Crippen LogP) is 1.09. The molecule has 9 heavy (non-hydrogen) atoms. The van der Waals surface area contributed by atoms with Crippen LogP contribution in [0.15, 0.2) is 0 Å². The molecule has 0 aliphatic carbocycles. The van der Waals surface area contributed by atoms with Gasteiger partial charge in [0.05, 0.1) is 6.10 Å². The summed E-state index contributed by atoms with van der Waals surface area (Å²) in [5.41, 5.74) is 0. The summed E-state index contributed by atoms with van der Waals surface area (Å²) in [4.78, 5) is 9.62. The zero-order chi connectivity index (χ0) is 6.85. The molecule has 0 bridgehead atoms. The zero-order valence-corrected chi connectivity index (χ0v) is 5.96. The minimum atomic E-state index is -0.226. The fourth-order valence-corrected chi connectivity index (χ4v) is 0.680. The summed E-state index contributed by atoms with van der Waals surface area (Å²) in [5, 5.41) is 0. The highest BCUT2D eigenvalue weighted by atomic mass is 17.2. The average molecular weight is 132 g/mol. The molecule has 0 amide bonds. The lowest BCUT2D eigenvalue weighted by Gasteiger charge is -2.29. The molecule has 3 nitrogen and oxygen atoms in total. The number of hydrogen-bond donors (Lipinski definition) is 0. The largest absolute Gasteiger partial charge is 0.344 e. The standard InChI is InChI=1S/C6H12O3/c1-4-5(2)8-9-6(3)7-4/h4-6H,1-3H3/t4-,5?,6-/m1/s1. The van der Waals surface area contributed by atoms with Crippen LogP contribution >= 0.6 is 0 Å². The third-order valence-electron chi connectivity index (χ3n) is 1.41. The summed E-state index contributed by atoms with van der Waals surface area (Å²) >= 11 is 0. The fourth-order valence-electron chi connectivity index (χ4n) is 0.680. The topological polar surface area (TPSA) is 27.7 Å². The highest BCUT2D eigenvalue weighted by Crippen LogP contribution is 2.14. The number of ether oxygens (including phenoxy) is 1. The molecule has 0 aromatic rings. The van der Waals surface area contributed by atoms with Crippen LogP contribution in [-0.2, 0) is 14.5 Å². The Morgan fingerprint density at radius 2 is 1.56 bits per heavy atom. The Labute approximate surface area is 54.8 Å². The predicted molar refractivity (Wildman–Crippen MR) is 31.6 cm³/mol. The second-order valence-corrected chi connectivity index (χ2v) is 2.31. The zero-order valence-electron chi connectivity index (χ0n) is 5.96. The lowest BCUT2D eigenvalue weighted by atomic mass is 10.2. The Morgan fingerprint density at radius 1 is 0.889 bits per heavy atom. The Balaban J connectivity index is 2.35. The van der Waals surface area contributed by atoms with E-state index in [1.807, 2.05) is 20.8 Å². The van der Waals surface area contributed by atoms with Crippen molar-refractivity contribution in [2.45, 2.75) is 39.3 Å². The molecule has 0 aromatic carbocycles. The van der Waals surface area contributed by atoms with Crippen LogP contribution in [0.2, 0.25) is 0 Å². The van der Waals surface area contributed by atoms with Gasteiger partial charge in [-0.25, -0.2) is 9.78 Å². The molecule has 54 valence electrons. The Bertz CT molecular complexity index is 94.3. The molecule has 0 saturated carbocycles. The van der Waals surface area contributed by atoms with Crippen LogP contribution in [0.1, 0.15) is 20.8 Å². The quantitative estimate of drug-likeness (QED) is 0.462. The molecule has 0 radical (unpaired) electrons. The normalized spacial score (nSPS) is 45.0. The first-order valence-corrected chi connectivity index (χ1v) is 3.17. The van der Waals surface area contributed by atoms with Gasteiger partial charge in [-0.2, -0.15) is 0 Å². The highest BCUT2D eigenvalue weighted by Gasteiger charge is 2.23. The average Bonchev–Trinajstić information content (AvgIpc) is 1.80. The lowest BCUT2D eigenvalue weighted by molar-refractivity contribution is -0.448. The number of rotatable bonds is 0. The molecular weight excluding hydrogens is 120 g/mol. The molecule has 1 saturated heterocycles. The monoisotopic (exact) mass is 132 g/mol. The van der Waals surface area contributed by atoms with Crippen molar-refractivity contribution in [3.63, 3.8) is 0 Å². The van der Waals surface area contributed by atoms with Crippen molar-refractivity contribution in [1.29, 1.82) is 0 Å². The fraction of sp³-hybridized carbons (Fsp3) is 1.00. The van der Waals surface area contributed by atoms with Gasteiger partial charge in [0, 0.05) is 0 Å². The van der Waals surface area contributed by atoms with E-state index >= 15 is 0 Å². The van der Waals surface area contributed by atoms with Gasteiger partial charge in [-0.1, -0.05) is 0 Å². The van der Waals surface area contributed by atoms with Gasteiger partial charge in [0.2, 0.25) is 0 Å². The molecule has 1 rings (SSSR count). The van der Waals surface area contributed by atoms with E-state index < -0.39 is 0 Å². The van der Waals surface area contributed by atoms with Crippen LogP contribution in [0.4, 0.5) is 0 Å². The van der Waals surface area contributed by atoms with Crippen LogP contribution in [0, 0.1) is 0 Å². The Morgan fingerprint density at radius 3 is 2.00 bits per heavy atom. The first kappa shape index (κ1) is 6.99. The molecule has 0 aromatic heterocycles. The summed E-state index contributed by atoms with van der Waals surface area (Å²) in [6, 6.07) is 0. The molecule has 0 spiro atoms. The molecule has 3 heteroatoms. The van der Waals surface area contributed by atoms with E-state index in [4.69, 9.17) is 14.5 Å². The van der Waals surface area contributed by atoms with Crippen molar-refractivity contribution < 1.29 is 14.5 Å². The van der Waals surface area contributed by atoms with E-state index in [-0.39, 0.29) is 18.5 Å². The SMILES string of the molecule is CC1OO[C@H](C)O[C@@H]1C. The van der Waals surface area contributed by atoms with Crippen molar-refractivity contribution in [1.82, 2.24) is 0 Å². The third kappa shape index (κ3) is 1.64. The molecular formula is C6H12O3. The molecule has 1 fully saturated rings. The lowest BCUT2D eigenvalue weighted by Crippen LogP contribution is -2.37. The van der Waals surface area contributed by atoms with Crippen molar-refractivity contribution in [3.05, 3.63) is 0 Å². The van der Waals surface area contributed by atoms with Crippen LogP contribution < -0.4 is 0 Å². The molecule has 3 atom stereocenters. The van der Waals surface area contributed by atoms with E-state index in [1.165, 1.54) is 0 Å². The summed E-state index contributed by atoms with van der Waals surface area (Å²) < 4.78 is 5.25. The van der Waals surface area contributed by atoms with Crippen LogP contribution in [0.5, 0.6) is 0 Å². The third-order valence-corrected chi connectivity index (χ3v) is 1.41. The van der Waals surface area contributed by atoms with Gasteiger partial charge in [0.25, 0.3) is 0 Å². The van der Waals surface area contributed by atoms with Crippen molar-refractivity contribution in [2.75, 3.05) is 0 Å². The molecule has 1 aliphatic heterocycles. The van der Waals surface area contributed by atoms with Crippen molar-refractivity contribution in [3.8, 4) is 0 Å². The van der Waals surface area contributed by atoms with Gasteiger partial charge in [0.15, 0.2) is 6.29 Å². The maximum Gasteiger partial charge on any atom is 0.188 e. The first-order valence-electron chi connectivity index (χ1n) is 3.17. The summed E-state index contributed by atoms with van der Waals surface area (Å²) in [5.74, 6) is 0. The minimum absolute atomic E-state index is 0.0428. The van der Waals surface area contributed by atoms with Gasteiger partial charge in [-0.05, 0) is 20.8 Å². The molecule has 0 N–H and O–H groups in total. The van der Waals surface area contributed by atoms with Crippen LogP contribution in [0.3, 0.4) is 0 Å². The summed E-state index contributed by atoms with van der Waals surface area (Å²) in [6.45, 7) is 5.68. The van der Waals surface area contributed by atoms with Crippen LogP contribution in [-0.4, -0.2) is 18.5 Å². The second kappa shape index (κ2) is 2.64. The van der Waals surface area contributed by atoms with Crippen molar-refractivity contribution >= 4 is 0 Å². The maximum atomic E-state index is 5.25. The van der Waals surface area contributed by atoms with E-state index in [2.05, 4.69) is 0 Å². The van der Waals surface area contributed by atoms with Gasteiger partial charge in [-0.3, -0.25) is 0 Å². The second-order valence-electron chi connectivity index (χ2n) is 2.31. The molecule has 1 aliphatic rings. The Hall–Kier alpha value is -0.120. The van der Waals surface area contributed by atoms with Gasteiger partial charge >= 0.3 is 0 Å². The van der Waals surface area contributed by atoms with Gasteiger partial charge in [-0.15, -0.1) is 0 Å². The summed E-state index contributed by atoms with van der Waals surface area (Å²) in [6.07, 6.45) is -0.0499. The van der Waals surface area contributed by atoms with Crippen LogP contribution in [0.25, 0.3) is 0 Å². The van der Waals surface area contributed by atoms with E-state index in [0.29, 0.717) is 0 Å². The van der Waals surface area contributed by atoms with E-state index in [1.54, 1.807) is 0 Å². The van der Waals surface area contributed by atoms with Crippen molar-refractivity contribution in [2.24, 2.45) is 0 Å². The summed E-state index contributed by atoms with van der Waals surface area (Å²) in [7, 11) is 0. The van der Waals surface area contributed by atoms with E-state index in [9.17, 15) is 0 Å². The smallest absolute Gasteiger partial charge is 0.188 e. The molecule has 1 unspecified atom stereocenters. The van der Waals surface area contributed by atoms with E-state index in [0.717, 1.165) is 0 Å². The first-order chi connectivity index (χ1) is 4.20. The molecule has 1 heterocycles. The Kier molecular flexibility index (Phi) is 2.05. The minimum Gasteiger partial charge on any atom is -0.344 e.